The molecule has 28 heavy (non-hydrogen) atoms. The molecule has 0 fully saturated rings. The molecule has 3 aromatic rings. The van der Waals surface area contributed by atoms with E-state index in [9.17, 15) is 4.79 Å². The molecule has 0 aliphatic rings. The maximum absolute atomic E-state index is 12.0. The molecule has 138 valence electrons. The zero-order chi connectivity index (χ0) is 19.8. The fourth-order valence-corrected chi connectivity index (χ4v) is 2.96. The zero-order valence-electron chi connectivity index (χ0n) is 15.0. The molecule has 3 rings (SSSR count). The summed E-state index contributed by atoms with van der Waals surface area (Å²) in [4.78, 5) is 16.3. The minimum atomic E-state index is -0.463. The van der Waals surface area contributed by atoms with Crippen molar-refractivity contribution in [2.24, 2.45) is 4.99 Å². The van der Waals surface area contributed by atoms with E-state index >= 15 is 0 Å². The third-order valence-electron chi connectivity index (χ3n) is 3.72. The third kappa shape index (κ3) is 5.16. The Morgan fingerprint density at radius 2 is 1.71 bits per heavy atom. The lowest BCUT2D eigenvalue weighted by atomic mass is 10.2. The van der Waals surface area contributed by atoms with Crippen LogP contribution in [0.3, 0.4) is 0 Å². The highest BCUT2D eigenvalue weighted by Crippen LogP contribution is 2.25. The highest BCUT2D eigenvalue weighted by Gasteiger charge is 2.02. The minimum absolute atomic E-state index is 0.440. The van der Waals surface area contributed by atoms with Crippen LogP contribution in [0, 0.1) is 11.3 Å². The van der Waals surface area contributed by atoms with Gasteiger partial charge in [0.15, 0.2) is 0 Å². The molecule has 0 bridgehead atoms. The van der Waals surface area contributed by atoms with Gasteiger partial charge in [0.2, 0.25) is 0 Å². The van der Waals surface area contributed by atoms with Crippen molar-refractivity contribution in [3.8, 4) is 17.6 Å². The summed E-state index contributed by atoms with van der Waals surface area (Å²) in [6.45, 7) is 0. The Morgan fingerprint density at radius 3 is 2.39 bits per heavy atom. The molecule has 0 N–H and O–H groups in total. The van der Waals surface area contributed by atoms with Crippen LogP contribution in [0.25, 0.3) is 6.08 Å². The molecule has 0 amide bonds. The Balaban J connectivity index is 1.58. The average Bonchev–Trinajstić information content (AvgIpc) is 3.20. The van der Waals surface area contributed by atoms with Crippen LogP contribution in [0.15, 0.2) is 71.0 Å². The number of benzene rings is 2. The van der Waals surface area contributed by atoms with Crippen LogP contribution in [0.5, 0.6) is 11.5 Å². The summed E-state index contributed by atoms with van der Waals surface area (Å²) in [7, 11) is 1.60. The van der Waals surface area contributed by atoms with Crippen LogP contribution >= 0.6 is 11.3 Å². The van der Waals surface area contributed by atoms with Crippen LogP contribution in [-0.2, 0) is 4.79 Å². The van der Waals surface area contributed by atoms with Gasteiger partial charge < -0.3 is 9.47 Å². The van der Waals surface area contributed by atoms with Gasteiger partial charge in [0.05, 0.1) is 12.7 Å². The van der Waals surface area contributed by atoms with Crippen LogP contribution in [0.4, 0.5) is 5.00 Å². The Bertz CT molecular complexity index is 1040. The minimum Gasteiger partial charge on any atom is -0.497 e. The number of nitriles is 1. The normalized spacial score (nSPS) is 10.9. The van der Waals surface area contributed by atoms with Gasteiger partial charge in [-0.25, -0.2) is 9.79 Å². The summed E-state index contributed by atoms with van der Waals surface area (Å²) in [5, 5.41) is 11.5. The first-order valence-corrected chi connectivity index (χ1v) is 9.21. The molecule has 0 saturated heterocycles. The molecular weight excluding hydrogens is 372 g/mol. The van der Waals surface area contributed by atoms with Crippen molar-refractivity contribution in [2.75, 3.05) is 7.11 Å². The van der Waals surface area contributed by atoms with Gasteiger partial charge in [-0.15, -0.1) is 11.3 Å². The standard InChI is InChI=1S/C22H16N2O3S/c1-26-19-7-2-16(3-8-19)6-11-21(25)27-20-9-4-17(5-10-20)15-24-22-18(14-23)12-13-28-22/h2-13,15H,1H3/b11-6+,24-15+. The number of hydrogen-bond acceptors (Lipinski definition) is 6. The molecule has 2 aromatic carbocycles. The van der Waals surface area contributed by atoms with Crippen molar-refractivity contribution in [1.82, 2.24) is 0 Å². The molecule has 5 nitrogen and oxygen atoms in total. The summed E-state index contributed by atoms with van der Waals surface area (Å²) in [5.74, 6) is 0.733. The summed E-state index contributed by atoms with van der Waals surface area (Å²) in [5.41, 5.74) is 2.26. The van der Waals surface area contributed by atoms with E-state index in [1.165, 1.54) is 17.4 Å². The first kappa shape index (κ1) is 19.1. The summed E-state index contributed by atoms with van der Waals surface area (Å²) in [6.07, 6.45) is 4.72. The summed E-state index contributed by atoms with van der Waals surface area (Å²) < 4.78 is 10.4. The van der Waals surface area contributed by atoms with Crippen molar-refractivity contribution in [2.45, 2.75) is 0 Å². The van der Waals surface area contributed by atoms with Crippen molar-refractivity contribution < 1.29 is 14.3 Å². The monoisotopic (exact) mass is 388 g/mol. The Kier molecular flexibility index (Phi) is 6.34. The first-order valence-electron chi connectivity index (χ1n) is 8.33. The Hall–Kier alpha value is -3.69. The average molecular weight is 388 g/mol. The van der Waals surface area contributed by atoms with Crippen molar-refractivity contribution in [3.63, 3.8) is 0 Å². The van der Waals surface area contributed by atoms with Crippen molar-refractivity contribution >= 4 is 34.6 Å². The van der Waals surface area contributed by atoms with E-state index in [2.05, 4.69) is 11.1 Å². The maximum Gasteiger partial charge on any atom is 0.336 e. The molecule has 6 heteroatoms. The number of ether oxygens (including phenoxy) is 2. The van der Waals surface area contributed by atoms with Crippen LogP contribution in [0.1, 0.15) is 16.7 Å². The summed E-state index contributed by atoms with van der Waals surface area (Å²) in [6, 6.07) is 18.1. The molecule has 0 saturated carbocycles. The number of esters is 1. The van der Waals surface area contributed by atoms with Gasteiger partial charge in [0.25, 0.3) is 0 Å². The largest absolute Gasteiger partial charge is 0.497 e. The number of aliphatic imine (C=N–C) groups is 1. The third-order valence-corrected chi connectivity index (χ3v) is 4.54. The fourth-order valence-electron chi connectivity index (χ4n) is 2.27. The van der Waals surface area contributed by atoms with Gasteiger partial charge in [-0.1, -0.05) is 12.1 Å². The van der Waals surface area contributed by atoms with E-state index in [-0.39, 0.29) is 0 Å². The number of carbonyl (C=O) groups excluding carboxylic acids is 1. The lowest BCUT2D eigenvalue weighted by Gasteiger charge is -2.02. The topological polar surface area (TPSA) is 71.7 Å². The van der Waals surface area contributed by atoms with Gasteiger partial charge in [-0.3, -0.25) is 0 Å². The van der Waals surface area contributed by atoms with Crippen molar-refractivity contribution in [1.29, 1.82) is 5.26 Å². The predicted octanol–water partition coefficient (Wildman–Crippen LogP) is 5.00. The number of nitrogens with zero attached hydrogens (tertiary/aromatic N) is 2. The van der Waals surface area contributed by atoms with E-state index in [1.807, 2.05) is 29.6 Å². The molecule has 0 aliphatic carbocycles. The second kappa shape index (κ2) is 9.31. The van der Waals surface area contributed by atoms with Crippen LogP contribution in [-0.4, -0.2) is 19.3 Å². The summed E-state index contributed by atoms with van der Waals surface area (Å²) >= 11 is 1.41. The highest BCUT2D eigenvalue weighted by molar-refractivity contribution is 7.14. The lowest BCUT2D eigenvalue weighted by Crippen LogP contribution is -2.03. The van der Waals surface area contributed by atoms with Gasteiger partial charge in [-0.2, -0.15) is 5.26 Å². The zero-order valence-corrected chi connectivity index (χ0v) is 15.8. The smallest absolute Gasteiger partial charge is 0.336 e. The van der Waals surface area contributed by atoms with E-state index in [0.717, 1.165) is 16.9 Å². The number of rotatable bonds is 6. The van der Waals surface area contributed by atoms with Crippen LogP contribution < -0.4 is 9.47 Å². The van der Waals surface area contributed by atoms with E-state index in [4.69, 9.17) is 14.7 Å². The lowest BCUT2D eigenvalue weighted by molar-refractivity contribution is -0.128. The quantitative estimate of drug-likeness (QED) is 0.258. The number of hydrogen-bond donors (Lipinski definition) is 0. The van der Waals surface area contributed by atoms with E-state index in [1.54, 1.807) is 49.7 Å². The number of thiophene rings is 1. The van der Waals surface area contributed by atoms with Crippen LogP contribution in [0.2, 0.25) is 0 Å². The van der Waals surface area contributed by atoms with E-state index < -0.39 is 5.97 Å². The highest BCUT2D eigenvalue weighted by atomic mass is 32.1. The molecule has 0 radical (unpaired) electrons. The predicted molar refractivity (Wildman–Crippen MR) is 110 cm³/mol. The first-order chi connectivity index (χ1) is 13.7. The Morgan fingerprint density at radius 1 is 1.04 bits per heavy atom. The number of methoxy groups -OCH3 is 1. The molecule has 1 heterocycles. The maximum atomic E-state index is 12.0. The SMILES string of the molecule is COc1ccc(/C=C/C(=O)Oc2ccc(/C=N/c3sccc3C#N)cc2)cc1. The van der Waals surface area contributed by atoms with Gasteiger partial charge in [0.1, 0.15) is 22.6 Å². The fraction of sp³-hybridized carbons (Fsp3) is 0.0455. The molecular formula is C22H16N2O3S. The molecule has 0 spiro atoms. The molecule has 1 aromatic heterocycles. The van der Waals surface area contributed by atoms with Gasteiger partial charge in [-0.05, 0) is 65.0 Å². The molecule has 0 unspecified atom stereocenters. The van der Waals surface area contributed by atoms with Gasteiger partial charge in [0, 0.05) is 12.3 Å². The van der Waals surface area contributed by atoms with Crippen molar-refractivity contribution in [3.05, 3.63) is 82.7 Å². The molecule has 0 atom stereocenters. The molecule has 0 aliphatic heterocycles. The van der Waals surface area contributed by atoms with Gasteiger partial charge >= 0.3 is 5.97 Å². The second-order valence-corrected chi connectivity index (χ2v) is 6.50. The van der Waals surface area contributed by atoms with E-state index in [0.29, 0.717) is 16.3 Å². The second-order valence-electron chi connectivity index (χ2n) is 5.61. The number of carbonyl (C=O) groups is 1. The Labute approximate surface area is 166 Å².